The van der Waals surface area contributed by atoms with Gasteiger partial charge in [-0.3, -0.25) is 0 Å². The molecule has 2 aromatic rings. The van der Waals surface area contributed by atoms with Gasteiger partial charge in [0.15, 0.2) is 0 Å². The van der Waals surface area contributed by atoms with Crippen molar-refractivity contribution in [2.45, 2.75) is 33.0 Å². The molecule has 0 radical (unpaired) electrons. The molecule has 0 unspecified atom stereocenters. The maximum Gasteiger partial charge on any atom is 0.129 e. The van der Waals surface area contributed by atoms with Crippen molar-refractivity contribution in [1.29, 1.82) is 0 Å². The molecule has 0 spiro atoms. The number of aliphatic hydroxyl groups is 1. The maximum atomic E-state index is 9.36. The molecule has 0 aliphatic carbocycles. The lowest BCUT2D eigenvalue weighted by Gasteiger charge is -2.12. The smallest absolute Gasteiger partial charge is 0.129 e. The molecule has 0 saturated heterocycles. The Morgan fingerprint density at radius 1 is 1.05 bits per heavy atom. The standard InChI is InChI=1S/C18H22O3/c1-13(2)15-6-4-14(5-7-15)12-21-18-10-17(20-3)9-8-16(18)11-19/h4-10,13,19H,11-12H2,1-3H3. The van der Waals surface area contributed by atoms with E-state index in [1.165, 1.54) is 5.56 Å². The Hall–Kier alpha value is -2.00. The van der Waals surface area contributed by atoms with Crippen LogP contribution in [0.25, 0.3) is 0 Å². The van der Waals surface area contributed by atoms with Gasteiger partial charge >= 0.3 is 0 Å². The van der Waals surface area contributed by atoms with Crippen LogP contribution in [0.5, 0.6) is 11.5 Å². The molecule has 0 heterocycles. The Morgan fingerprint density at radius 3 is 2.33 bits per heavy atom. The molecule has 3 nitrogen and oxygen atoms in total. The first kappa shape index (κ1) is 15.4. The van der Waals surface area contributed by atoms with Gasteiger partial charge in [-0.2, -0.15) is 0 Å². The highest BCUT2D eigenvalue weighted by molar-refractivity contribution is 5.40. The van der Waals surface area contributed by atoms with Crippen LogP contribution < -0.4 is 9.47 Å². The Kier molecular flexibility index (Phi) is 5.23. The molecule has 0 aliphatic heterocycles. The van der Waals surface area contributed by atoms with Crippen molar-refractivity contribution in [3.63, 3.8) is 0 Å². The van der Waals surface area contributed by atoms with Crippen LogP contribution in [0.15, 0.2) is 42.5 Å². The van der Waals surface area contributed by atoms with Crippen molar-refractivity contribution < 1.29 is 14.6 Å². The third kappa shape index (κ3) is 3.99. The Balaban J connectivity index is 2.08. The van der Waals surface area contributed by atoms with Gasteiger partial charge in [0.1, 0.15) is 18.1 Å². The number of aliphatic hydroxyl groups excluding tert-OH is 1. The average molecular weight is 286 g/mol. The molecule has 2 aromatic carbocycles. The first-order valence-corrected chi connectivity index (χ1v) is 7.13. The molecule has 0 fully saturated rings. The van der Waals surface area contributed by atoms with Gasteiger partial charge in [-0.05, 0) is 29.2 Å². The average Bonchev–Trinajstić information content (AvgIpc) is 2.52. The second-order valence-corrected chi connectivity index (χ2v) is 5.32. The molecular formula is C18H22O3. The minimum Gasteiger partial charge on any atom is -0.497 e. The first-order valence-electron chi connectivity index (χ1n) is 7.13. The highest BCUT2D eigenvalue weighted by Gasteiger charge is 2.06. The van der Waals surface area contributed by atoms with Crippen LogP contribution in [0.1, 0.15) is 36.5 Å². The van der Waals surface area contributed by atoms with E-state index in [2.05, 4.69) is 38.1 Å². The normalized spacial score (nSPS) is 10.7. The summed E-state index contributed by atoms with van der Waals surface area (Å²) in [5, 5.41) is 9.36. The summed E-state index contributed by atoms with van der Waals surface area (Å²) in [7, 11) is 1.61. The van der Waals surface area contributed by atoms with E-state index in [1.54, 1.807) is 13.2 Å². The van der Waals surface area contributed by atoms with Crippen LogP contribution in [0.4, 0.5) is 0 Å². The van der Waals surface area contributed by atoms with Gasteiger partial charge in [0.05, 0.1) is 13.7 Å². The summed E-state index contributed by atoms with van der Waals surface area (Å²) in [6, 6.07) is 13.8. The zero-order valence-electron chi connectivity index (χ0n) is 12.8. The van der Waals surface area contributed by atoms with Crippen LogP contribution >= 0.6 is 0 Å². The summed E-state index contributed by atoms with van der Waals surface area (Å²) < 4.78 is 11.0. The van der Waals surface area contributed by atoms with Crippen molar-refractivity contribution in [3.05, 3.63) is 59.2 Å². The highest BCUT2D eigenvalue weighted by atomic mass is 16.5. The highest BCUT2D eigenvalue weighted by Crippen LogP contribution is 2.26. The maximum absolute atomic E-state index is 9.36. The minimum atomic E-state index is -0.0500. The van der Waals surface area contributed by atoms with Crippen LogP contribution in [0.3, 0.4) is 0 Å². The van der Waals surface area contributed by atoms with Gasteiger partial charge in [-0.25, -0.2) is 0 Å². The Morgan fingerprint density at radius 2 is 1.76 bits per heavy atom. The summed E-state index contributed by atoms with van der Waals surface area (Å²) in [4.78, 5) is 0. The quantitative estimate of drug-likeness (QED) is 0.875. The third-order valence-electron chi connectivity index (χ3n) is 3.49. The second-order valence-electron chi connectivity index (χ2n) is 5.32. The van der Waals surface area contributed by atoms with E-state index in [-0.39, 0.29) is 6.61 Å². The topological polar surface area (TPSA) is 38.7 Å². The lowest BCUT2D eigenvalue weighted by atomic mass is 10.0. The minimum absolute atomic E-state index is 0.0500. The summed E-state index contributed by atoms with van der Waals surface area (Å²) >= 11 is 0. The Labute approximate surface area is 126 Å². The van der Waals surface area contributed by atoms with Crippen LogP contribution in [-0.4, -0.2) is 12.2 Å². The second kappa shape index (κ2) is 7.14. The van der Waals surface area contributed by atoms with E-state index in [0.717, 1.165) is 16.9 Å². The number of hydrogen-bond donors (Lipinski definition) is 1. The number of hydrogen-bond acceptors (Lipinski definition) is 3. The van der Waals surface area contributed by atoms with Gasteiger partial charge < -0.3 is 14.6 Å². The van der Waals surface area contributed by atoms with Gasteiger partial charge in [0.2, 0.25) is 0 Å². The molecule has 112 valence electrons. The van der Waals surface area contributed by atoms with Crippen LogP contribution in [-0.2, 0) is 13.2 Å². The van der Waals surface area contributed by atoms with Gasteiger partial charge in [0.25, 0.3) is 0 Å². The third-order valence-corrected chi connectivity index (χ3v) is 3.49. The van der Waals surface area contributed by atoms with Crippen molar-refractivity contribution in [2.24, 2.45) is 0 Å². The summed E-state index contributed by atoms with van der Waals surface area (Å²) in [6.07, 6.45) is 0. The van der Waals surface area contributed by atoms with E-state index in [1.807, 2.05) is 12.1 Å². The molecular weight excluding hydrogens is 264 g/mol. The SMILES string of the molecule is COc1ccc(CO)c(OCc2ccc(C(C)C)cc2)c1. The van der Waals surface area contributed by atoms with E-state index in [4.69, 9.17) is 9.47 Å². The van der Waals surface area contributed by atoms with Crippen molar-refractivity contribution in [1.82, 2.24) is 0 Å². The molecule has 0 aromatic heterocycles. The molecule has 1 N–H and O–H groups in total. The van der Waals surface area contributed by atoms with E-state index in [0.29, 0.717) is 18.3 Å². The van der Waals surface area contributed by atoms with E-state index in [9.17, 15) is 5.11 Å². The lowest BCUT2D eigenvalue weighted by Crippen LogP contribution is -2.00. The summed E-state index contributed by atoms with van der Waals surface area (Å²) in [5.41, 5.74) is 3.18. The largest absolute Gasteiger partial charge is 0.497 e. The fourth-order valence-corrected chi connectivity index (χ4v) is 2.09. The molecule has 0 amide bonds. The van der Waals surface area contributed by atoms with Gasteiger partial charge in [0, 0.05) is 11.6 Å². The number of benzene rings is 2. The van der Waals surface area contributed by atoms with Gasteiger partial charge in [-0.15, -0.1) is 0 Å². The van der Waals surface area contributed by atoms with Crippen molar-refractivity contribution in [3.8, 4) is 11.5 Å². The molecule has 2 rings (SSSR count). The van der Waals surface area contributed by atoms with Crippen LogP contribution in [0.2, 0.25) is 0 Å². The molecule has 21 heavy (non-hydrogen) atoms. The predicted molar refractivity (Wildman–Crippen MR) is 83.8 cm³/mol. The van der Waals surface area contributed by atoms with E-state index < -0.39 is 0 Å². The number of methoxy groups -OCH3 is 1. The first-order chi connectivity index (χ1) is 10.1. The zero-order chi connectivity index (χ0) is 15.2. The molecule has 0 aliphatic rings. The van der Waals surface area contributed by atoms with Gasteiger partial charge in [-0.1, -0.05) is 38.1 Å². The molecule has 0 bridgehead atoms. The fraction of sp³-hybridized carbons (Fsp3) is 0.333. The van der Waals surface area contributed by atoms with Crippen molar-refractivity contribution >= 4 is 0 Å². The Bertz CT molecular complexity index is 574. The number of rotatable bonds is 6. The summed E-state index contributed by atoms with van der Waals surface area (Å²) in [5.74, 6) is 1.90. The van der Waals surface area contributed by atoms with Crippen LogP contribution in [0, 0.1) is 0 Å². The van der Waals surface area contributed by atoms with E-state index >= 15 is 0 Å². The monoisotopic (exact) mass is 286 g/mol. The molecule has 0 saturated carbocycles. The van der Waals surface area contributed by atoms with Crippen molar-refractivity contribution in [2.75, 3.05) is 7.11 Å². The predicted octanol–water partition coefficient (Wildman–Crippen LogP) is 3.89. The molecule has 0 atom stereocenters. The lowest BCUT2D eigenvalue weighted by molar-refractivity contribution is 0.258. The number of ether oxygens (including phenoxy) is 2. The molecule has 3 heteroatoms. The zero-order valence-corrected chi connectivity index (χ0v) is 12.8. The fourth-order valence-electron chi connectivity index (χ4n) is 2.09. The summed E-state index contributed by atoms with van der Waals surface area (Å²) in [6.45, 7) is 4.77.